The van der Waals surface area contributed by atoms with Gasteiger partial charge < -0.3 is 19.3 Å². The Morgan fingerprint density at radius 2 is 1.95 bits per heavy atom. The summed E-state index contributed by atoms with van der Waals surface area (Å²) in [6, 6.07) is 14.9. The number of rotatable bonds is 9. The number of Topliss-reactive ketones (excluding diaryl/α,β-unsaturated/α-hetero) is 1. The van der Waals surface area contributed by atoms with Gasteiger partial charge in [0.05, 0.1) is 35.5 Å². The van der Waals surface area contributed by atoms with Crippen molar-refractivity contribution in [2.75, 3.05) is 18.6 Å². The van der Waals surface area contributed by atoms with Crippen molar-refractivity contribution in [1.29, 1.82) is 0 Å². The molecule has 4 aromatic rings. The summed E-state index contributed by atoms with van der Waals surface area (Å²) < 4.78 is 18.2. The van der Waals surface area contributed by atoms with Crippen LogP contribution in [-0.4, -0.2) is 41.6 Å². The molecule has 10 heteroatoms. The maximum absolute atomic E-state index is 13.7. The fourth-order valence-electron chi connectivity index (χ4n) is 5.57. The largest absolute Gasteiger partial charge is 0.507 e. The lowest BCUT2D eigenvalue weighted by Gasteiger charge is -2.24. The van der Waals surface area contributed by atoms with Gasteiger partial charge in [-0.3, -0.25) is 14.5 Å². The van der Waals surface area contributed by atoms with Crippen LogP contribution in [0.3, 0.4) is 0 Å². The van der Waals surface area contributed by atoms with E-state index in [-0.39, 0.29) is 17.4 Å². The van der Waals surface area contributed by atoms with Gasteiger partial charge in [0.25, 0.3) is 5.78 Å². The average molecular weight is 619 g/mol. The van der Waals surface area contributed by atoms with Crippen molar-refractivity contribution in [2.45, 2.75) is 51.7 Å². The van der Waals surface area contributed by atoms with Crippen LogP contribution in [-0.2, 0) is 16.0 Å². The zero-order valence-electron chi connectivity index (χ0n) is 24.1. The number of halogens is 1. The number of thiazole rings is 1. The molecule has 3 heterocycles. The van der Waals surface area contributed by atoms with Gasteiger partial charge in [-0.05, 0) is 73.0 Å². The van der Waals surface area contributed by atoms with Crippen LogP contribution in [0, 0.1) is 0 Å². The summed E-state index contributed by atoms with van der Waals surface area (Å²) in [7, 11) is 1.54. The molecule has 0 unspecified atom stereocenters. The molecule has 2 atom stereocenters. The average Bonchev–Trinajstić information content (AvgIpc) is 3.66. The highest BCUT2D eigenvalue weighted by Crippen LogP contribution is 2.46. The van der Waals surface area contributed by atoms with Gasteiger partial charge in [0.1, 0.15) is 17.6 Å². The van der Waals surface area contributed by atoms with Gasteiger partial charge in [-0.2, -0.15) is 0 Å². The minimum absolute atomic E-state index is 0.0145. The minimum Gasteiger partial charge on any atom is -0.507 e. The number of nitrogens with zero attached hydrogens (tertiary/aromatic N) is 2. The zero-order valence-corrected chi connectivity index (χ0v) is 25.6. The molecule has 0 aliphatic carbocycles. The first-order valence-corrected chi connectivity index (χ1v) is 15.5. The molecular formula is C33H31ClN2O6S. The molecule has 2 aliphatic rings. The Kier molecular flexibility index (Phi) is 8.03. The van der Waals surface area contributed by atoms with E-state index in [1.165, 1.54) is 16.2 Å². The predicted octanol–water partition coefficient (Wildman–Crippen LogP) is 7.48. The lowest BCUT2D eigenvalue weighted by Crippen LogP contribution is -2.29. The molecule has 0 radical (unpaired) electrons. The number of carbonyl (C=O) groups excluding carboxylic acids is 2. The van der Waals surface area contributed by atoms with Gasteiger partial charge in [0, 0.05) is 17.0 Å². The number of carbonyl (C=O) groups is 2. The van der Waals surface area contributed by atoms with Crippen LogP contribution < -0.4 is 19.1 Å². The van der Waals surface area contributed by atoms with Gasteiger partial charge in [-0.1, -0.05) is 48.8 Å². The maximum Gasteiger partial charge on any atom is 0.301 e. The van der Waals surface area contributed by atoms with Gasteiger partial charge in [0.2, 0.25) is 0 Å². The van der Waals surface area contributed by atoms with E-state index in [0.29, 0.717) is 51.3 Å². The third-order valence-electron chi connectivity index (χ3n) is 7.67. The van der Waals surface area contributed by atoms with Crippen molar-refractivity contribution in [3.63, 3.8) is 0 Å². The first-order chi connectivity index (χ1) is 20.8. The molecule has 1 aromatic heterocycles. The van der Waals surface area contributed by atoms with Crippen LogP contribution in [0.4, 0.5) is 5.13 Å². The zero-order chi connectivity index (χ0) is 30.2. The number of ketones is 1. The van der Waals surface area contributed by atoms with E-state index in [4.69, 9.17) is 25.8 Å². The molecule has 43 heavy (non-hydrogen) atoms. The molecule has 1 amide bonds. The SMILES string of the molecule is CCCCCOc1ccc([C@@H]2C(=C(O)c3ccc4c(c3)C[C@H](C)O4)C(=O)C(=O)N2c2nc3ccc(Cl)cc3s2)cc1OC. The van der Waals surface area contributed by atoms with E-state index in [1.807, 2.05) is 13.0 Å². The Labute approximate surface area is 258 Å². The summed E-state index contributed by atoms with van der Waals surface area (Å²) in [4.78, 5) is 33.5. The second-order valence-corrected chi connectivity index (χ2v) is 12.1. The molecule has 0 bridgehead atoms. The molecule has 1 N–H and O–H groups in total. The second-order valence-electron chi connectivity index (χ2n) is 10.7. The third-order valence-corrected chi connectivity index (χ3v) is 8.92. The number of hydrogen-bond acceptors (Lipinski definition) is 8. The molecule has 6 rings (SSSR count). The normalized spacial score (nSPS) is 19.1. The molecule has 0 spiro atoms. The summed E-state index contributed by atoms with van der Waals surface area (Å²) in [6.07, 6.45) is 3.73. The van der Waals surface area contributed by atoms with E-state index in [0.717, 1.165) is 35.3 Å². The topological polar surface area (TPSA) is 98.2 Å². The minimum atomic E-state index is -0.970. The van der Waals surface area contributed by atoms with Gasteiger partial charge in [-0.15, -0.1) is 0 Å². The number of benzene rings is 3. The Hall–Kier alpha value is -4.08. The molecule has 2 aliphatic heterocycles. The van der Waals surface area contributed by atoms with E-state index in [2.05, 4.69) is 11.9 Å². The van der Waals surface area contributed by atoms with Gasteiger partial charge >= 0.3 is 5.91 Å². The van der Waals surface area contributed by atoms with Crippen LogP contribution in [0.5, 0.6) is 17.2 Å². The highest BCUT2D eigenvalue weighted by molar-refractivity contribution is 7.22. The van der Waals surface area contributed by atoms with E-state index in [1.54, 1.807) is 55.6 Å². The Bertz CT molecular complexity index is 1770. The van der Waals surface area contributed by atoms with Crippen molar-refractivity contribution >= 4 is 55.7 Å². The number of aromatic nitrogens is 1. The molecular weight excluding hydrogens is 588 g/mol. The first-order valence-electron chi connectivity index (χ1n) is 14.3. The van der Waals surface area contributed by atoms with Crippen LogP contribution in [0.2, 0.25) is 5.02 Å². The Balaban J connectivity index is 1.48. The van der Waals surface area contributed by atoms with Crippen molar-refractivity contribution in [3.05, 3.63) is 81.9 Å². The number of aliphatic hydroxyl groups excluding tert-OH is 1. The summed E-state index contributed by atoms with van der Waals surface area (Å²) >= 11 is 7.47. The van der Waals surface area contributed by atoms with Crippen LogP contribution >= 0.6 is 22.9 Å². The lowest BCUT2D eigenvalue weighted by molar-refractivity contribution is -0.132. The van der Waals surface area contributed by atoms with E-state index < -0.39 is 17.7 Å². The standard InChI is InChI=1S/C33H31ClN2O6S/c1-4-5-6-13-41-25-12-7-19(16-26(25)40-3)29-28(30(37)20-8-11-24-21(15-20)14-18(2)42-24)31(38)32(39)36(29)33-35-23-10-9-22(34)17-27(23)43-33/h7-12,15-18,29,37H,4-6,13-14H2,1-3H3/t18-,29+/m0/s1. The first kappa shape index (κ1) is 29.0. The molecule has 0 saturated carbocycles. The Morgan fingerprint density at radius 1 is 1.12 bits per heavy atom. The number of anilines is 1. The molecule has 1 fully saturated rings. The van der Waals surface area contributed by atoms with Crippen LogP contribution in [0.1, 0.15) is 55.8 Å². The van der Waals surface area contributed by atoms with Gasteiger partial charge in [-0.25, -0.2) is 4.98 Å². The lowest BCUT2D eigenvalue weighted by atomic mass is 9.94. The number of aliphatic hydroxyl groups is 1. The molecule has 3 aromatic carbocycles. The quantitative estimate of drug-likeness (QED) is 0.0899. The fourth-order valence-corrected chi connectivity index (χ4v) is 6.84. The summed E-state index contributed by atoms with van der Waals surface area (Å²) in [5, 5.41) is 12.5. The maximum atomic E-state index is 13.7. The van der Waals surface area contributed by atoms with E-state index in [9.17, 15) is 14.7 Å². The molecule has 8 nitrogen and oxygen atoms in total. The fraction of sp³-hybridized carbons (Fsp3) is 0.303. The summed E-state index contributed by atoms with van der Waals surface area (Å²) in [6.45, 7) is 4.64. The van der Waals surface area contributed by atoms with Crippen molar-refractivity contribution in [3.8, 4) is 17.2 Å². The van der Waals surface area contributed by atoms with Crippen molar-refractivity contribution in [1.82, 2.24) is 4.98 Å². The predicted molar refractivity (Wildman–Crippen MR) is 168 cm³/mol. The number of ether oxygens (including phenoxy) is 3. The number of unbranched alkanes of at least 4 members (excludes halogenated alkanes) is 2. The smallest absolute Gasteiger partial charge is 0.301 e. The second kappa shape index (κ2) is 11.9. The highest BCUT2D eigenvalue weighted by atomic mass is 35.5. The third kappa shape index (κ3) is 5.43. The number of methoxy groups -OCH3 is 1. The van der Waals surface area contributed by atoms with Crippen molar-refractivity contribution < 1.29 is 28.9 Å². The van der Waals surface area contributed by atoms with Crippen LogP contribution in [0.15, 0.2) is 60.2 Å². The number of hydrogen-bond donors (Lipinski definition) is 1. The number of fused-ring (bicyclic) bond motifs is 2. The number of amides is 1. The molecule has 222 valence electrons. The highest BCUT2D eigenvalue weighted by Gasteiger charge is 2.48. The van der Waals surface area contributed by atoms with Crippen molar-refractivity contribution in [2.24, 2.45) is 0 Å². The monoisotopic (exact) mass is 618 g/mol. The molecule has 1 saturated heterocycles. The van der Waals surface area contributed by atoms with Gasteiger partial charge in [0.15, 0.2) is 16.6 Å². The summed E-state index contributed by atoms with van der Waals surface area (Å²) in [5.41, 5.74) is 2.53. The summed E-state index contributed by atoms with van der Waals surface area (Å²) in [5.74, 6) is -0.0943. The van der Waals surface area contributed by atoms with E-state index >= 15 is 0 Å². The Morgan fingerprint density at radius 3 is 2.74 bits per heavy atom. The van der Waals surface area contributed by atoms with Crippen LogP contribution in [0.25, 0.3) is 16.0 Å².